The van der Waals surface area contributed by atoms with Crippen molar-refractivity contribution in [3.8, 4) is 0 Å². The van der Waals surface area contributed by atoms with E-state index in [9.17, 15) is 4.79 Å². The fraction of sp³-hybridized carbons (Fsp3) is 0.389. The van der Waals surface area contributed by atoms with Gasteiger partial charge in [0.05, 0.1) is 0 Å². The van der Waals surface area contributed by atoms with Crippen LogP contribution in [0, 0.1) is 0 Å². The highest BCUT2D eigenvalue weighted by Gasteiger charge is 2.13. The lowest BCUT2D eigenvalue weighted by atomic mass is 10.1. The number of nitrogen functional groups attached to an aromatic ring is 1. The lowest BCUT2D eigenvalue weighted by molar-refractivity contribution is 0.0945. The van der Waals surface area contributed by atoms with Crippen LogP contribution >= 0.6 is 0 Å². The molecule has 0 aliphatic heterocycles. The maximum absolute atomic E-state index is 12.4. The van der Waals surface area contributed by atoms with E-state index in [0.29, 0.717) is 12.2 Å². The largest absolute Gasteiger partial charge is 0.368 e. The van der Waals surface area contributed by atoms with Gasteiger partial charge in [0.2, 0.25) is 5.95 Å². The van der Waals surface area contributed by atoms with Gasteiger partial charge in [-0.05, 0) is 37.2 Å². The van der Waals surface area contributed by atoms with Crippen molar-refractivity contribution in [1.29, 1.82) is 0 Å². The predicted molar refractivity (Wildman–Crippen MR) is 95.5 cm³/mol. The van der Waals surface area contributed by atoms with E-state index in [-0.39, 0.29) is 17.8 Å². The smallest absolute Gasteiger partial charge is 0.270 e. The number of carbonyl (C=O) groups excluding carboxylic acids is 1. The first kappa shape index (κ1) is 17.9. The Kier molecular flexibility index (Phi) is 5.87. The Hall–Kier alpha value is -2.47. The number of nitrogens with zero attached hydrogens (tertiary/aromatic N) is 3. The van der Waals surface area contributed by atoms with Gasteiger partial charge < -0.3 is 16.0 Å². The number of hydrogen-bond acceptors (Lipinski definition) is 5. The fourth-order valence-corrected chi connectivity index (χ4v) is 2.39. The molecule has 0 aliphatic rings. The average molecular weight is 327 g/mol. The maximum Gasteiger partial charge on any atom is 0.270 e. The van der Waals surface area contributed by atoms with Crippen molar-refractivity contribution in [2.24, 2.45) is 0 Å². The van der Waals surface area contributed by atoms with Crippen LogP contribution < -0.4 is 11.1 Å². The first-order chi connectivity index (χ1) is 11.4. The Labute approximate surface area is 143 Å². The van der Waals surface area contributed by atoms with Crippen LogP contribution in [-0.4, -0.2) is 34.9 Å². The molecule has 0 saturated heterocycles. The number of hydrogen-bond donors (Lipinski definition) is 2. The Bertz CT molecular complexity index is 712. The number of benzene rings is 1. The zero-order valence-corrected chi connectivity index (χ0v) is 14.7. The SMILES string of the molecule is CC(C)c1cc(C(=O)NCc2ccccc2CN(C)C)nc(N)n1. The second kappa shape index (κ2) is 7.88. The first-order valence-corrected chi connectivity index (χ1v) is 8.01. The number of anilines is 1. The van der Waals surface area contributed by atoms with E-state index in [4.69, 9.17) is 5.73 Å². The molecule has 0 unspecified atom stereocenters. The molecule has 1 aromatic heterocycles. The van der Waals surface area contributed by atoms with Crippen molar-refractivity contribution in [3.05, 3.63) is 52.8 Å². The Morgan fingerprint density at radius 1 is 1.21 bits per heavy atom. The molecule has 1 aromatic carbocycles. The molecule has 0 spiro atoms. The van der Waals surface area contributed by atoms with E-state index in [1.54, 1.807) is 6.07 Å². The topological polar surface area (TPSA) is 84.1 Å². The molecule has 6 heteroatoms. The first-order valence-electron chi connectivity index (χ1n) is 8.01. The summed E-state index contributed by atoms with van der Waals surface area (Å²) in [7, 11) is 4.04. The molecule has 0 atom stereocenters. The minimum Gasteiger partial charge on any atom is -0.368 e. The summed E-state index contributed by atoms with van der Waals surface area (Å²) in [5.74, 6) is 0.0627. The fourth-order valence-electron chi connectivity index (χ4n) is 2.39. The van der Waals surface area contributed by atoms with Crippen LogP contribution in [0.3, 0.4) is 0 Å². The monoisotopic (exact) mass is 327 g/mol. The molecule has 128 valence electrons. The number of amides is 1. The minimum atomic E-state index is -0.245. The molecular formula is C18H25N5O. The van der Waals surface area contributed by atoms with Crippen molar-refractivity contribution in [3.63, 3.8) is 0 Å². The van der Waals surface area contributed by atoms with Crippen LogP contribution in [0.4, 0.5) is 5.95 Å². The molecule has 0 saturated carbocycles. The van der Waals surface area contributed by atoms with Gasteiger partial charge in [0, 0.05) is 18.8 Å². The van der Waals surface area contributed by atoms with Gasteiger partial charge in [-0.1, -0.05) is 38.1 Å². The molecule has 0 aliphatic carbocycles. The third-order valence-electron chi connectivity index (χ3n) is 3.63. The van der Waals surface area contributed by atoms with Gasteiger partial charge in [0.1, 0.15) is 5.69 Å². The van der Waals surface area contributed by atoms with Gasteiger partial charge in [0.15, 0.2) is 0 Å². The lowest BCUT2D eigenvalue weighted by Crippen LogP contribution is -2.25. The summed E-state index contributed by atoms with van der Waals surface area (Å²) in [5.41, 5.74) is 9.06. The second-order valence-electron chi connectivity index (χ2n) is 6.38. The lowest BCUT2D eigenvalue weighted by Gasteiger charge is -2.15. The van der Waals surface area contributed by atoms with E-state index in [2.05, 4.69) is 26.3 Å². The predicted octanol–water partition coefficient (Wildman–Crippen LogP) is 2.17. The van der Waals surface area contributed by atoms with Gasteiger partial charge in [0.25, 0.3) is 5.91 Å². The summed E-state index contributed by atoms with van der Waals surface area (Å²) in [6.45, 7) is 5.27. The summed E-state index contributed by atoms with van der Waals surface area (Å²) < 4.78 is 0. The summed E-state index contributed by atoms with van der Waals surface area (Å²) in [6.07, 6.45) is 0. The van der Waals surface area contributed by atoms with Crippen molar-refractivity contribution >= 4 is 11.9 Å². The van der Waals surface area contributed by atoms with Crippen molar-refractivity contribution in [2.75, 3.05) is 19.8 Å². The van der Waals surface area contributed by atoms with Crippen LogP contribution in [-0.2, 0) is 13.1 Å². The van der Waals surface area contributed by atoms with E-state index in [1.807, 2.05) is 46.1 Å². The quantitative estimate of drug-likeness (QED) is 0.849. The minimum absolute atomic E-state index is 0.124. The zero-order chi connectivity index (χ0) is 17.7. The average Bonchev–Trinajstić information content (AvgIpc) is 2.52. The highest BCUT2D eigenvalue weighted by Crippen LogP contribution is 2.14. The Morgan fingerprint density at radius 2 is 1.88 bits per heavy atom. The van der Waals surface area contributed by atoms with Crippen LogP contribution in [0.2, 0.25) is 0 Å². The molecule has 0 bridgehead atoms. The molecule has 1 heterocycles. The van der Waals surface area contributed by atoms with Crippen molar-refractivity contribution < 1.29 is 4.79 Å². The highest BCUT2D eigenvalue weighted by atomic mass is 16.1. The summed E-state index contributed by atoms with van der Waals surface area (Å²) in [4.78, 5) is 22.7. The summed E-state index contributed by atoms with van der Waals surface area (Å²) in [6, 6.07) is 9.76. The van der Waals surface area contributed by atoms with Crippen LogP contribution in [0.1, 0.15) is 47.1 Å². The zero-order valence-electron chi connectivity index (χ0n) is 14.7. The molecule has 24 heavy (non-hydrogen) atoms. The van der Waals surface area contributed by atoms with E-state index < -0.39 is 0 Å². The molecule has 0 fully saturated rings. The number of aromatic nitrogens is 2. The van der Waals surface area contributed by atoms with Gasteiger partial charge in [-0.3, -0.25) is 4.79 Å². The normalized spacial score (nSPS) is 11.1. The summed E-state index contributed by atoms with van der Waals surface area (Å²) >= 11 is 0. The number of nitrogens with two attached hydrogens (primary N) is 1. The van der Waals surface area contributed by atoms with E-state index in [0.717, 1.165) is 17.8 Å². The number of carbonyl (C=O) groups is 1. The third-order valence-corrected chi connectivity index (χ3v) is 3.63. The maximum atomic E-state index is 12.4. The molecule has 1 amide bonds. The third kappa shape index (κ3) is 4.76. The van der Waals surface area contributed by atoms with Gasteiger partial charge in [-0.15, -0.1) is 0 Å². The van der Waals surface area contributed by atoms with E-state index in [1.165, 1.54) is 5.56 Å². The van der Waals surface area contributed by atoms with E-state index >= 15 is 0 Å². The Balaban J connectivity index is 2.12. The molecular weight excluding hydrogens is 302 g/mol. The number of rotatable bonds is 6. The molecule has 3 N–H and O–H groups in total. The standard InChI is InChI=1S/C18H25N5O/c1-12(2)15-9-16(22-18(19)21-15)17(24)20-10-13-7-5-6-8-14(13)11-23(3)4/h5-9,12H,10-11H2,1-4H3,(H,20,24)(H2,19,21,22). The Morgan fingerprint density at radius 3 is 2.50 bits per heavy atom. The summed E-state index contributed by atoms with van der Waals surface area (Å²) in [5, 5.41) is 2.92. The number of nitrogens with one attached hydrogen (secondary N) is 1. The van der Waals surface area contributed by atoms with Crippen LogP contribution in [0.5, 0.6) is 0 Å². The highest BCUT2D eigenvalue weighted by molar-refractivity contribution is 5.92. The van der Waals surface area contributed by atoms with Gasteiger partial charge in [-0.25, -0.2) is 9.97 Å². The van der Waals surface area contributed by atoms with Crippen molar-refractivity contribution in [1.82, 2.24) is 20.2 Å². The molecule has 0 radical (unpaired) electrons. The molecule has 6 nitrogen and oxygen atoms in total. The van der Waals surface area contributed by atoms with Crippen molar-refractivity contribution in [2.45, 2.75) is 32.9 Å². The van der Waals surface area contributed by atoms with Crippen LogP contribution in [0.15, 0.2) is 30.3 Å². The molecule has 2 aromatic rings. The van der Waals surface area contributed by atoms with Gasteiger partial charge in [-0.2, -0.15) is 0 Å². The second-order valence-corrected chi connectivity index (χ2v) is 6.38. The van der Waals surface area contributed by atoms with Gasteiger partial charge >= 0.3 is 0 Å². The molecule has 2 rings (SSSR count). The van der Waals surface area contributed by atoms with Crippen LogP contribution in [0.25, 0.3) is 0 Å².